The molecule has 17 heavy (non-hydrogen) atoms. The molecule has 0 aromatic carbocycles. The van der Waals surface area contributed by atoms with Crippen LogP contribution in [-0.2, 0) is 18.4 Å². The number of carboxylic acids is 1. The number of aliphatic carboxylic acids is 1. The Kier molecular flexibility index (Phi) is 3.56. The summed E-state index contributed by atoms with van der Waals surface area (Å²) in [7, 11) is 1.80. The molecule has 0 radical (unpaired) electrons. The van der Waals surface area contributed by atoms with Gasteiger partial charge in [-0.05, 0) is 27.7 Å². The second-order valence-corrected chi connectivity index (χ2v) is 5.21. The molecule has 0 spiro atoms. The molecule has 2 N–H and O–H groups in total. The van der Waals surface area contributed by atoms with Crippen LogP contribution in [0, 0.1) is 5.41 Å². The molecular formula is C11H20N4O2. The summed E-state index contributed by atoms with van der Waals surface area (Å²) in [6, 6.07) is 0. The van der Waals surface area contributed by atoms with Gasteiger partial charge in [0.25, 0.3) is 0 Å². The van der Waals surface area contributed by atoms with E-state index in [1.165, 1.54) is 6.33 Å². The topological polar surface area (TPSA) is 80.0 Å². The van der Waals surface area contributed by atoms with Crippen molar-refractivity contribution in [2.75, 3.05) is 0 Å². The number of aryl methyl sites for hydroxylation is 1. The summed E-state index contributed by atoms with van der Waals surface area (Å²) in [4.78, 5) is 15.3. The van der Waals surface area contributed by atoms with Crippen molar-refractivity contribution in [2.45, 2.75) is 39.8 Å². The molecule has 0 aliphatic heterocycles. The van der Waals surface area contributed by atoms with Crippen LogP contribution in [0.1, 0.15) is 33.5 Å². The van der Waals surface area contributed by atoms with Gasteiger partial charge in [0, 0.05) is 12.6 Å². The van der Waals surface area contributed by atoms with Gasteiger partial charge in [0.1, 0.15) is 12.2 Å². The lowest BCUT2D eigenvalue weighted by molar-refractivity contribution is -0.151. The molecule has 1 aromatic heterocycles. The number of hydrogen-bond donors (Lipinski definition) is 2. The Morgan fingerprint density at radius 1 is 1.47 bits per heavy atom. The molecule has 0 aliphatic carbocycles. The number of rotatable bonds is 5. The number of nitrogens with one attached hydrogen (secondary N) is 1. The maximum atomic E-state index is 11.2. The molecule has 96 valence electrons. The van der Waals surface area contributed by atoms with E-state index in [0.29, 0.717) is 6.54 Å². The van der Waals surface area contributed by atoms with Gasteiger partial charge in [0.2, 0.25) is 0 Å². The van der Waals surface area contributed by atoms with Gasteiger partial charge in [0.15, 0.2) is 0 Å². The second-order valence-electron chi connectivity index (χ2n) is 5.21. The zero-order valence-corrected chi connectivity index (χ0v) is 11.0. The molecule has 0 bridgehead atoms. The highest BCUT2D eigenvalue weighted by Crippen LogP contribution is 2.30. The van der Waals surface area contributed by atoms with E-state index in [9.17, 15) is 9.90 Å². The third-order valence-corrected chi connectivity index (χ3v) is 3.59. The lowest BCUT2D eigenvalue weighted by Gasteiger charge is -2.38. The number of aromatic nitrogens is 3. The van der Waals surface area contributed by atoms with Crippen molar-refractivity contribution in [1.29, 1.82) is 0 Å². The molecule has 0 saturated heterocycles. The molecule has 0 amide bonds. The van der Waals surface area contributed by atoms with Crippen molar-refractivity contribution in [1.82, 2.24) is 20.1 Å². The summed E-state index contributed by atoms with van der Waals surface area (Å²) in [5, 5.41) is 16.4. The minimum Gasteiger partial charge on any atom is -0.481 e. The Morgan fingerprint density at radius 3 is 2.47 bits per heavy atom. The summed E-state index contributed by atoms with van der Waals surface area (Å²) in [5.74, 6) is -0.0489. The van der Waals surface area contributed by atoms with Gasteiger partial charge in [-0.3, -0.25) is 9.48 Å². The number of nitrogens with zero attached hydrogens (tertiary/aromatic N) is 3. The van der Waals surface area contributed by atoms with Crippen molar-refractivity contribution in [3.63, 3.8) is 0 Å². The molecule has 6 heteroatoms. The Balaban J connectivity index is 2.74. The van der Waals surface area contributed by atoms with Crippen LogP contribution in [0.5, 0.6) is 0 Å². The largest absolute Gasteiger partial charge is 0.481 e. The van der Waals surface area contributed by atoms with Gasteiger partial charge >= 0.3 is 5.97 Å². The molecule has 0 atom stereocenters. The van der Waals surface area contributed by atoms with E-state index in [2.05, 4.69) is 15.4 Å². The van der Waals surface area contributed by atoms with Crippen LogP contribution in [-0.4, -0.2) is 31.4 Å². The van der Waals surface area contributed by atoms with Gasteiger partial charge in [-0.1, -0.05) is 0 Å². The third kappa shape index (κ3) is 2.63. The lowest BCUT2D eigenvalue weighted by Crippen LogP contribution is -2.54. The number of carboxylic acid groups (broad SMARTS) is 1. The molecule has 0 saturated carbocycles. The van der Waals surface area contributed by atoms with Crippen molar-refractivity contribution in [3.05, 3.63) is 12.2 Å². The standard InChI is InChI=1S/C11H20N4O2/c1-10(2,9(16)17)11(3,4)13-6-8-12-7-14-15(8)5/h7,13H,6H2,1-5H3,(H,16,17). The first-order valence-corrected chi connectivity index (χ1v) is 5.50. The van der Waals surface area contributed by atoms with E-state index < -0.39 is 16.9 Å². The highest BCUT2D eigenvalue weighted by Gasteiger charge is 2.43. The fourth-order valence-electron chi connectivity index (χ4n) is 1.27. The van der Waals surface area contributed by atoms with Crippen molar-refractivity contribution < 1.29 is 9.90 Å². The molecule has 1 heterocycles. The summed E-state index contributed by atoms with van der Waals surface area (Å²) in [6.45, 7) is 7.65. The highest BCUT2D eigenvalue weighted by atomic mass is 16.4. The zero-order valence-electron chi connectivity index (χ0n) is 11.0. The smallest absolute Gasteiger partial charge is 0.310 e. The molecule has 0 fully saturated rings. The predicted molar refractivity (Wildman–Crippen MR) is 63.3 cm³/mol. The van der Waals surface area contributed by atoms with Gasteiger partial charge in [-0.25, -0.2) is 4.98 Å². The number of hydrogen-bond acceptors (Lipinski definition) is 4. The lowest BCUT2D eigenvalue weighted by atomic mass is 9.74. The van der Waals surface area contributed by atoms with E-state index in [1.54, 1.807) is 25.6 Å². The summed E-state index contributed by atoms with van der Waals surface area (Å²) in [6.07, 6.45) is 1.48. The Bertz CT molecular complexity index is 409. The van der Waals surface area contributed by atoms with Crippen molar-refractivity contribution >= 4 is 5.97 Å². The van der Waals surface area contributed by atoms with E-state index >= 15 is 0 Å². The fourth-order valence-corrected chi connectivity index (χ4v) is 1.27. The first-order valence-electron chi connectivity index (χ1n) is 5.50. The van der Waals surface area contributed by atoms with Crippen LogP contribution in [0.15, 0.2) is 6.33 Å². The Hall–Kier alpha value is -1.43. The molecule has 0 unspecified atom stereocenters. The first kappa shape index (κ1) is 13.6. The quantitative estimate of drug-likeness (QED) is 0.795. The van der Waals surface area contributed by atoms with E-state index in [4.69, 9.17) is 0 Å². The van der Waals surface area contributed by atoms with Crippen LogP contribution in [0.25, 0.3) is 0 Å². The second kappa shape index (κ2) is 4.44. The monoisotopic (exact) mass is 240 g/mol. The van der Waals surface area contributed by atoms with Crippen LogP contribution in [0.4, 0.5) is 0 Å². The van der Waals surface area contributed by atoms with Crippen LogP contribution in [0.2, 0.25) is 0 Å². The van der Waals surface area contributed by atoms with Gasteiger partial charge in [0.05, 0.1) is 12.0 Å². The SMILES string of the molecule is Cn1ncnc1CNC(C)(C)C(C)(C)C(=O)O. The molecule has 0 aliphatic rings. The van der Waals surface area contributed by atoms with E-state index in [1.807, 2.05) is 13.8 Å². The maximum Gasteiger partial charge on any atom is 0.310 e. The van der Waals surface area contributed by atoms with Crippen molar-refractivity contribution in [2.24, 2.45) is 12.5 Å². The normalized spacial score (nSPS) is 12.8. The molecule has 1 aromatic rings. The average Bonchev–Trinajstić information content (AvgIpc) is 2.60. The van der Waals surface area contributed by atoms with E-state index in [0.717, 1.165) is 5.82 Å². The van der Waals surface area contributed by atoms with Gasteiger partial charge < -0.3 is 10.4 Å². The van der Waals surface area contributed by atoms with E-state index in [-0.39, 0.29) is 0 Å². The average molecular weight is 240 g/mol. The summed E-state index contributed by atoms with van der Waals surface area (Å²) >= 11 is 0. The molecule has 1 rings (SSSR count). The molecular weight excluding hydrogens is 220 g/mol. The summed E-state index contributed by atoms with van der Waals surface area (Å²) < 4.78 is 1.66. The first-order chi connectivity index (χ1) is 7.68. The fraction of sp³-hybridized carbons (Fsp3) is 0.727. The minimum absolute atomic E-state index is 0.486. The Morgan fingerprint density at radius 2 is 2.06 bits per heavy atom. The van der Waals surface area contributed by atoms with Crippen LogP contribution >= 0.6 is 0 Å². The Labute approximate surface area is 101 Å². The van der Waals surface area contributed by atoms with Gasteiger partial charge in [-0.15, -0.1) is 0 Å². The predicted octanol–water partition coefficient (Wildman–Crippen LogP) is 0.794. The van der Waals surface area contributed by atoms with Crippen LogP contribution < -0.4 is 5.32 Å². The number of carbonyl (C=O) groups is 1. The molecule has 6 nitrogen and oxygen atoms in total. The minimum atomic E-state index is -0.869. The maximum absolute atomic E-state index is 11.2. The van der Waals surface area contributed by atoms with Crippen molar-refractivity contribution in [3.8, 4) is 0 Å². The highest BCUT2D eigenvalue weighted by molar-refractivity contribution is 5.75. The van der Waals surface area contributed by atoms with Crippen LogP contribution in [0.3, 0.4) is 0 Å². The van der Waals surface area contributed by atoms with Gasteiger partial charge in [-0.2, -0.15) is 5.10 Å². The summed E-state index contributed by atoms with van der Waals surface area (Å²) in [5.41, 5.74) is -1.42. The third-order valence-electron chi connectivity index (χ3n) is 3.59. The zero-order chi connectivity index (χ0) is 13.3.